The Kier molecular flexibility index (Phi) is 6.70. The van der Waals surface area contributed by atoms with Gasteiger partial charge in [-0.25, -0.2) is 9.78 Å². The summed E-state index contributed by atoms with van der Waals surface area (Å²) >= 11 is 0. The minimum Gasteiger partial charge on any atom is -0.466 e. The predicted molar refractivity (Wildman–Crippen MR) is 92.9 cm³/mol. The number of ether oxygens (including phenoxy) is 2. The van der Waals surface area contributed by atoms with Crippen molar-refractivity contribution in [1.29, 1.82) is 0 Å². The Morgan fingerprint density at radius 2 is 1.92 bits per heavy atom. The van der Waals surface area contributed by atoms with Gasteiger partial charge in [0.15, 0.2) is 11.2 Å². The average Bonchev–Trinajstić information content (AvgIpc) is 3.00. The third-order valence-electron chi connectivity index (χ3n) is 3.92. The maximum atomic E-state index is 12.3. The highest BCUT2D eigenvalue weighted by Crippen LogP contribution is 2.07. The Morgan fingerprint density at radius 3 is 2.62 bits per heavy atom. The maximum Gasteiger partial charge on any atom is 0.332 e. The first-order valence-electron chi connectivity index (χ1n) is 8.33. The van der Waals surface area contributed by atoms with E-state index in [1.807, 2.05) is 0 Å². The molecule has 0 aromatic carbocycles. The second-order valence-corrected chi connectivity index (χ2v) is 6.05. The molecule has 0 radical (unpaired) electrons. The van der Waals surface area contributed by atoms with E-state index in [1.165, 1.54) is 36.5 Å². The first kappa shape index (κ1) is 19.9. The Hall–Kier alpha value is -2.46. The van der Waals surface area contributed by atoms with Gasteiger partial charge in [0.25, 0.3) is 5.56 Å². The van der Waals surface area contributed by atoms with Gasteiger partial charge in [0, 0.05) is 27.6 Å². The van der Waals surface area contributed by atoms with Crippen LogP contribution in [0.15, 0.2) is 15.9 Å². The van der Waals surface area contributed by atoms with Crippen molar-refractivity contribution in [2.45, 2.75) is 32.4 Å². The molecule has 1 N–H and O–H groups in total. The van der Waals surface area contributed by atoms with E-state index in [4.69, 9.17) is 9.47 Å². The normalized spacial score (nSPS) is 12.5. The summed E-state index contributed by atoms with van der Waals surface area (Å²) in [6.45, 7) is 2.36. The Balaban J connectivity index is 1.90. The van der Waals surface area contributed by atoms with Crippen LogP contribution in [0.25, 0.3) is 11.2 Å². The molecule has 2 aromatic rings. The summed E-state index contributed by atoms with van der Waals surface area (Å²) in [6, 6.07) is 0. The van der Waals surface area contributed by atoms with Gasteiger partial charge in [0.1, 0.15) is 0 Å². The highest BCUT2D eigenvalue weighted by atomic mass is 16.5. The molecule has 1 unspecified atom stereocenters. The van der Waals surface area contributed by atoms with Gasteiger partial charge in [-0.15, -0.1) is 0 Å². The average molecular weight is 368 g/mol. The standard InChI is InChI=1S/C16H24N4O6/c1-11(21)26-7-5-4-6-25-9-12(22)8-20-10-17-14-13(20)15(23)19(3)16(24)18(14)2/h10,12,22H,4-9H2,1-3H3. The molecule has 2 heterocycles. The molecule has 10 nitrogen and oxygen atoms in total. The number of aromatic nitrogens is 4. The summed E-state index contributed by atoms with van der Waals surface area (Å²) in [5, 5.41) is 10.1. The van der Waals surface area contributed by atoms with Crippen molar-refractivity contribution in [1.82, 2.24) is 18.7 Å². The topological polar surface area (TPSA) is 118 Å². The molecular formula is C16H24N4O6. The number of rotatable bonds is 9. The third kappa shape index (κ3) is 4.58. The second kappa shape index (κ2) is 8.77. The molecule has 10 heteroatoms. The van der Waals surface area contributed by atoms with Gasteiger partial charge in [-0.3, -0.25) is 18.7 Å². The summed E-state index contributed by atoms with van der Waals surface area (Å²) in [4.78, 5) is 38.9. The van der Waals surface area contributed by atoms with Gasteiger partial charge >= 0.3 is 11.7 Å². The number of carbonyl (C=O) groups excluding carboxylic acids is 1. The molecule has 0 aliphatic heterocycles. The third-order valence-corrected chi connectivity index (χ3v) is 3.92. The Labute approximate surface area is 149 Å². The number of hydrogen-bond donors (Lipinski definition) is 1. The summed E-state index contributed by atoms with van der Waals surface area (Å²) in [7, 11) is 2.94. The van der Waals surface area contributed by atoms with Crippen LogP contribution in [0.1, 0.15) is 19.8 Å². The molecule has 0 aliphatic rings. The summed E-state index contributed by atoms with van der Waals surface area (Å²) in [5.41, 5.74) is -0.378. The van der Waals surface area contributed by atoms with Crippen LogP contribution in [0.2, 0.25) is 0 Å². The van der Waals surface area contributed by atoms with E-state index >= 15 is 0 Å². The van der Waals surface area contributed by atoms with E-state index < -0.39 is 17.4 Å². The molecule has 2 rings (SSSR count). The monoisotopic (exact) mass is 368 g/mol. The van der Waals surface area contributed by atoms with Crippen molar-refractivity contribution in [2.75, 3.05) is 19.8 Å². The highest BCUT2D eigenvalue weighted by Gasteiger charge is 2.16. The molecule has 0 saturated carbocycles. The molecular weight excluding hydrogens is 344 g/mol. The lowest BCUT2D eigenvalue weighted by Gasteiger charge is -2.13. The van der Waals surface area contributed by atoms with Crippen LogP contribution >= 0.6 is 0 Å². The number of aliphatic hydroxyl groups is 1. The van der Waals surface area contributed by atoms with E-state index in [2.05, 4.69) is 4.98 Å². The van der Waals surface area contributed by atoms with Crippen molar-refractivity contribution in [2.24, 2.45) is 14.1 Å². The Bertz CT molecular complexity index is 881. The molecule has 0 bridgehead atoms. The largest absolute Gasteiger partial charge is 0.466 e. The zero-order valence-electron chi connectivity index (χ0n) is 15.2. The van der Waals surface area contributed by atoms with Gasteiger partial charge < -0.3 is 19.1 Å². The van der Waals surface area contributed by atoms with E-state index in [9.17, 15) is 19.5 Å². The second-order valence-electron chi connectivity index (χ2n) is 6.05. The van der Waals surface area contributed by atoms with Crippen molar-refractivity contribution >= 4 is 17.1 Å². The minimum atomic E-state index is -0.831. The molecule has 0 aliphatic carbocycles. The molecule has 0 saturated heterocycles. The molecule has 2 aromatic heterocycles. The lowest BCUT2D eigenvalue weighted by atomic mass is 10.3. The van der Waals surface area contributed by atoms with E-state index in [-0.39, 0.29) is 30.3 Å². The number of fused-ring (bicyclic) bond motifs is 1. The minimum absolute atomic E-state index is 0.0965. The fourth-order valence-electron chi connectivity index (χ4n) is 2.56. The predicted octanol–water partition coefficient (Wildman–Crippen LogP) is -0.845. The summed E-state index contributed by atoms with van der Waals surface area (Å²) in [5.74, 6) is -0.308. The number of hydrogen-bond acceptors (Lipinski definition) is 7. The lowest BCUT2D eigenvalue weighted by molar-refractivity contribution is -0.141. The zero-order valence-corrected chi connectivity index (χ0v) is 15.2. The maximum absolute atomic E-state index is 12.3. The van der Waals surface area contributed by atoms with Crippen LogP contribution in [0, 0.1) is 0 Å². The van der Waals surface area contributed by atoms with Gasteiger partial charge in [-0.05, 0) is 12.8 Å². The SMILES string of the molecule is CC(=O)OCCCCOCC(O)Cn1cnc2c1c(=O)n(C)c(=O)n2C. The quantitative estimate of drug-likeness (QED) is 0.453. The Morgan fingerprint density at radius 1 is 1.23 bits per heavy atom. The van der Waals surface area contributed by atoms with Crippen LogP contribution in [-0.2, 0) is 34.9 Å². The van der Waals surface area contributed by atoms with Gasteiger partial charge in [0.05, 0.1) is 32.2 Å². The summed E-state index contributed by atoms with van der Waals surface area (Å²) in [6.07, 6.45) is 1.99. The van der Waals surface area contributed by atoms with Crippen molar-refractivity contribution < 1.29 is 19.4 Å². The van der Waals surface area contributed by atoms with Crippen LogP contribution in [0.4, 0.5) is 0 Å². The van der Waals surface area contributed by atoms with Crippen LogP contribution in [-0.4, -0.2) is 55.7 Å². The van der Waals surface area contributed by atoms with E-state index in [0.717, 1.165) is 4.57 Å². The van der Waals surface area contributed by atoms with Crippen molar-refractivity contribution in [3.63, 3.8) is 0 Å². The number of unbranched alkanes of at least 4 members (excludes halogenated alkanes) is 1. The number of nitrogens with zero attached hydrogens (tertiary/aromatic N) is 4. The molecule has 0 amide bonds. The molecule has 26 heavy (non-hydrogen) atoms. The van der Waals surface area contributed by atoms with Crippen LogP contribution in [0.5, 0.6) is 0 Å². The fourth-order valence-corrected chi connectivity index (χ4v) is 2.56. The molecule has 0 spiro atoms. The highest BCUT2D eigenvalue weighted by molar-refractivity contribution is 5.69. The molecule has 1 atom stereocenters. The number of aliphatic hydroxyl groups excluding tert-OH is 1. The van der Waals surface area contributed by atoms with Crippen molar-refractivity contribution in [3.05, 3.63) is 27.2 Å². The lowest BCUT2D eigenvalue weighted by Crippen LogP contribution is -2.38. The first-order chi connectivity index (χ1) is 12.3. The van der Waals surface area contributed by atoms with Crippen LogP contribution in [0.3, 0.4) is 0 Å². The van der Waals surface area contributed by atoms with Gasteiger partial charge in [0.2, 0.25) is 0 Å². The first-order valence-corrected chi connectivity index (χ1v) is 8.33. The van der Waals surface area contributed by atoms with Crippen LogP contribution < -0.4 is 11.2 Å². The smallest absolute Gasteiger partial charge is 0.332 e. The van der Waals surface area contributed by atoms with Gasteiger partial charge in [-0.2, -0.15) is 0 Å². The number of esters is 1. The number of imidazole rings is 1. The zero-order chi connectivity index (χ0) is 19.3. The molecule has 0 fully saturated rings. The van der Waals surface area contributed by atoms with E-state index in [1.54, 1.807) is 0 Å². The molecule has 144 valence electrons. The van der Waals surface area contributed by atoms with E-state index in [0.29, 0.717) is 26.1 Å². The van der Waals surface area contributed by atoms with Gasteiger partial charge in [-0.1, -0.05) is 0 Å². The number of aryl methyl sites for hydroxylation is 1. The fraction of sp³-hybridized carbons (Fsp3) is 0.625. The number of carbonyl (C=O) groups is 1. The summed E-state index contributed by atoms with van der Waals surface area (Å²) < 4.78 is 14.0. The van der Waals surface area contributed by atoms with Crippen molar-refractivity contribution in [3.8, 4) is 0 Å².